The Morgan fingerprint density at radius 2 is 1.52 bits per heavy atom. The molecule has 2 heterocycles. The number of para-hydroxylation sites is 1. The number of carbonyl (C=O) groups excluding carboxylic acids is 4. The van der Waals surface area contributed by atoms with E-state index in [4.69, 9.17) is 0 Å². The van der Waals surface area contributed by atoms with Gasteiger partial charge in [0.15, 0.2) is 0 Å². The van der Waals surface area contributed by atoms with Crippen LogP contribution >= 0.6 is 15.9 Å². The maximum Gasteiger partial charge on any atom is 0.241 e. The molecule has 3 aromatic rings. The standard InChI is InChI=1S/C34H29BrN2O5/c1-18-16-19(8-15-27(18)38)29-23-13-14-24-28(32(41)36(30(24)39)22-11-9-20(35)10-12-22)25(23)17-26-31(40)37(33(42)34(26,29)2)21-6-4-3-5-7-21/h3-13,15-16,24-26,28-29,38H,14,17H2,1-2H3. The highest BCUT2D eigenvalue weighted by atomic mass is 79.9. The lowest BCUT2D eigenvalue weighted by Crippen LogP contribution is -2.48. The lowest BCUT2D eigenvalue weighted by Gasteiger charge is -2.49. The zero-order valence-corrected chi connectivity index (χ0v) is 24.7. The molecule has 4 amide bonds. The molecule has 2 aliphatic carbocycles. The van der Waals surface area contributed by atoms with E-state index < -0.39 is 29.1 Å². The first kappa shape index (κ1) is 26.8. The van der Waals surface area contributed by atoms with Gasteiger partial charge in [0.05, 0.1) is 34.5 Å². The minimum Gasteiger partial charge on any atom is -0.508 e. The van der Waals surface area contributed by atoms with Crippen molar-refractivity contribution < 1.29 is 24.3 Å². The number of carbonyl (C=O) groups is 4. The van der Waals surface area contributed by atoms with Crippen molar-refractivity contribution in [1.29, 1.82) is 0 Å². The summed E-state index contributed by atoms with van der Waals surface area (Å²) in [5, 5.41) is 10.3. The summed E-state index contributed by atoms with van der Waals surface area (Å²) in [5.74, 6) is -3.62. The molecule has 7 rings (SSSR count). The number of hydrogen-bond acceptors (Lipinski definition) is 5. The van der Waals surface area contributed by atoms with E-state index in [1.807, 2.05) is 31.2 Å². The first-order valence-corrected chi connectivity index (χ1v) is 15.0. The second-order valence-corrected chi connectivity index (χ2v) is 12.9. The van der Waals surface area contributed by atoms with Gasteiger partial charge in [0.2, 0.25) is 23.6 Å². The molecule has 3 aromatic carbocycles. The van der Waals surface area contributed by atoms with Crippen LogP contribution < -0.4 is 9.80 Å². The molecule has 6 atom stereocenters. The molecule has 42 heavy (non-hydrogen) atoms. The van der Waals surface area contributed by atoms with Crippen molar-refractivity contribution in [1.82, 2.24) is 0 Å². The summed E-state index contributed by atoms with van der Waals surface area (Å²) in [6, 6.07) is 21.4. The monoisotopic (exact) mass is 624 g/mol. The molecule has 212 valence electrons. The number of halogens is 1. The summed E-state index contributed by atoms with van der Waals surface area (Å²) in [6.45, 7) is 3.67. The van der Waals surface area contributed by atoms with Crippen LogP contribution in [0.1, 0.15) is 36.8 Å². The summed E-state index contributed by atoms with van der Waals surface area (Å²) in [6.07, 6.45) is 2.73. The molecule has 0 bridgehead atoms. The minimum atomic E-state index is -1.11. The number of fused-ring (bicyclic) bond motifs is 4. The Bertz CT molecular complexity index is 1700. The normalized spacial score (nSPS) is 30.3. The second kappa shape index (κ2) is 9.49. The van der Waals surface area contributed by atoms with E-state index >= 15 is 0 Å². The molecule has 0 spiro atoms. The van der Waals surface area contributed by atoms with Crippen molar-refractivity contribution in [3.05, 3.63) is 100 Å². The Hall–Kier alpha value is -4.04. The Labute approximate surface area is 251 Å². The highest BCUT2D eigenvalue weighted by Crippen LogP contribution is 2.63. The number of aromatic hydroxyl groups is 1. The number of rotatable bonds is 3. The lowest BCUT2D eigenvalue weighted by molar-refractivity contribution is -0.131. The quantitative estimate of drug-likeness (QED) is 0.289. The highest BCUT2D eigenvalue weighted by molar-refractivity contribution is 9.10. The van der Waals surface area contributed by atoms with Crippen LogP contribution in [0.3, 0.4) is 0 Å². The molecule has 2 aliphatic heterocycles. The van der Waals surface area contributed by atoms with E-state index in [2.05, 4.69) is 15.9 Å². The van der Waals surface area contributed by atoms with Crippen molar-refractivity contribution in [2.45, 2.75) is 32.6 Å². The Morgan fingerprint density at radius 1 is 0.833 bits per heavy atom. The number of phenols is 1. The van der Waals surface area contributed by atoms with Crippen LogP contribution in [0, 0.1) is 36.0 Å². The van der Waals surface area contributed by atoms with Crippen molar-refractivity contribution >= 4 is 50.9 Å². The first-order valence-electron chi connectivity index (χ1n) is 14.2. The van der Waals surface area contributed by atoms with Gasteiger partial charge < -0.3 is 5.11 Å². The van der Waals surface area contributed by atoms with Gasteiger partial charge in [-0.15, -0.1) is 0 Å². The molecule has 6 unspecified atom stereocenters. The summed E-state index contributed by atoms with van der Waals surface area (Å²) in [4.78, 5) is 58.9. The van der Waals surface area contributed by atoms with Gasteiger partial charge in [0, 0.05) is 10.4 Å². The minimum absolute atomic E-state index is 0.145. The molecule has 3 fully saturated rings. The lowest BCUT2D eigenvalue weighted by atomic mass is 9.51. The van der Waals surface area contributed by atoms with Crippen LogP contribution in [0.4, 0.5) is 11.4 Å². The third-order valence-corrected chi connectivity index (χ3v) is 10.5. The molecule has 4 aliphatic rings. The topological polar surface area (TPSA) is 95.0 Å². The van der Waals surface area contributed by atoms with Gasteiger partial charge in [-0.2, -0.15) is 0 Å². The maximum absolute atomic E-state index is 14.4. The van der Waals surface area contributed by atoms with Crippen LogP contribution in [0.15, 0.2) is 88.9 Å². The number of allylic oxidation sites excluding steroid dienone is 2. The summed E-state index contributed by atoms with van der Waals surface area (Å²) >= 11 is 3.42. The number of nitrogens with zero attached hydrogens (tertiary/aromatic N) is 2. The summed E-state index contributed by atoms with van der Waals surface area (Å²) in [7, 11) is 0. The molecule has 0 aromatic heterocycles. The molecular weight excluding hydrogens is 596 g/mol. The third-order valence-electron chi connectivity index (χ3n) is 9.93. The van der Waals surface area contributed by atoms with Gasteiger partial charge in [-0.3, -0.25) is 24.1 Å². The van der Waals surface area contributed by atoms with Crippen molar-refractivity contribution in [3.8, 4) is 5.75 Å². The number of aryl methyl sites for hydroxylation is 1. The van der Waals surface area contributed by atoms with Crippen molar-refractivity contribution in [3.63, 3.8) is 0 Å². The Balaban J connectivity index is 1.37. The van der Waals surface area contributed by atoms with Crippen LogP contribution in [-0.4, -0.2) is 28.7 Å². The highest BCUT2D eigenvalue weighted by Gasteiger charge is 2.67. The molecule has 1 saturated carbocycles. The van der Waals surface area contributed by atoms with E-state index in [1.54, 1.807) is 61.5 Å². The van der Waals surface area contributed by atoms with Gasteiger partial charge in [0.25, 0.3) is 0 Å². The smallest absolute Gasteiger partial charge is 0.241 e. The van der Waals surface area contributed by atoms with Gasteiger partial charge >= 0.3 is 0 Å². The number of phenolic OH excluding ortho intramolecular Hbond substituents is 1. The van der Waals surface area contributed by atoms with E-state index in [0.29, 0.717) is 29.8 Å². The average molecular weight is 626 g/mol. The summed E-state index contributed by atoms with van der Waals surface area (Å²) < 4.78 is 0.845. The number of anilines is 2. The van der Waals surface area contributed by atoms with Gasteiger partial charge in [-0.05, 0) is 86.2 Å². The van der Waals surface area contributed by atoms with E-state index in [1.165, 1.54) is 9.80 Å². The van der Waals surface area contributed by atoms with Crippen LogP contribution in [0.5, 0.6) is 5.75 Å². The zero-order valence-electron chi connectivity index (χ0n) is 23.2. The predicted molar refractivity (Wildman–Crippen MR) is 161 cm³/mol. The SMILES string of the molecule is Cc1cc(C2C3=CCC4C(=O)N(c5ccc(Br)cc5)C(=O)C4C3CC3C(=O)N(c4ccccc4)C(=O)C32C)ccc1O. The fourth-order valence-corrected chi connectivity index (χ4v) is 8.19. The van der Waals surface area contributed by atoms with Crippen molar-refractivity contribution in [2.75, 3.05) is 9.80 Å². The molecule has 0 radical (unpaired) electrons. The molecule has 2 saturated heterocycles. The average Bonchev–Trinajstić information content (AvgIpc) is 3.35. The van der Waals surface area contributed by atoms with E-state index in [0.717, 1.165) is 15.6 Å². The fraction of sp³-hybridized carbons (Fsp3) is 0.294. The largest absolute Gasteiger partial charge is 0.508 e. The Morgan fingerprint density at radius 3 is 2.21 bits per heavy atom. The van der Waals surface area contributed by atoms with E-state index in [-0.39, 0.29) is 35.3 Å². The number of benzene rings is 3. The predicted octanol–water partition coefficient (Wildman–Crippen LogP) is 5.90. The van der Waals surface area contributed by atoms with Crippen LogP contribution in [0.25, 0.3) is 0 Å². The zero-order chi connectivity index (χ0) is 29.5. The Kier molecular flexibility index (Phi) is 6.06. The summed E-state index contributed by atoms with van der Waals surface area (Å²) in [5.41, 5.74) is 2.33. The third kappa shape index (κ3) is 3.63. The second-order valence-electron chi connectivity index (χ2n) is 12.0. The number of imide groups is 2. The fourth-order valence-electron chi connectivity index (χ4n) is 7.92. The van der Waals surface area contributed by atoms with Gasteiger partial charge in [0.1, 0.15) is 5.75 Å². The van der Waals surface area contributed by atoms with Gasteiger partial charge in [-0.25, -0.2) is 4.90 Å². The molecule has 8 heteroatoms. The van der Waals surface area contributed by atoms with E-state index in [9.17, 15) is 24.3 Å². The van der Waals surface area contributed by atoms with Crippen LogP contribution in [0.2, 0.25) is 0 Å². The first-order chi connectivity index (χ1) is 20.1. The number of amides is 4. The van der Waals surface area contributed by atoms with Crippen molar-refractivity contribution in [2.24, 2.45) is 29.1 Å². The number of hydrogen-bond donors (Lipinski definition) is 1. The van der Waals surface area contributed by atoms with Gasteiger partial charge in [-0.1, -0.05) is 57.9 Å². The molecule has 7 nitrogen and oxygen atoms in total. The maximum atomic E-state index is 14.4. The molecule has 1 N–H and O–H groups in total. The van der Waals surface area contributed by atoms with Crippen LogP contribution in [-0.2, 0) is 19.2 Å². The molecular formula is C34H29BrN2O5.